The SMILES string of the molecule is C=CCc1cccc2nc(C(C)OC(C)=O)ccc12. The van der Waals surface area contributed by atoms with Gasteiger partial charge in [-0.3, -0.25) is 4.79 Å². The zero-order valence-corrected chi connectivity index (χ0v) is 11.2. The molecule has 0 aliphatic rings. The van der Waals surface area contributed by atoms with Crippen LogP contribution in [0.3, 0.4) is 0 Å². The molecule has 2 rings (SSSR count). The van der Waals surface area contributed by atoms with Crippen LogP contribution in [0.5, 0.6) is 0 Å². The highest BCUT2D eigenvalue weighted by Gasteiger charge is 2.11. The number of allylic oxidation sites excluding steroid dienone is 1. The Labute approximate surface area is 112 Å². The van der Waals surface area contributed by atoms with E-state index in [0.717, 1.165) is 23.0 Å². The number of benzene rings is 1. The molecule has 1 heterocycles. The van der Waals surface area contributed by atoms with Gasteiger partial charge >= 0.3 is 5.97 Å². The van der Waals surface area contributed by atoms with Crippen LogP contribution in [0.1, 0.15) is 31.2 Å². The Morgan fingerprint density at radius 3 is 2.89 bits per heavy atom. The Morgan fingerprint density at radius 2 is 2.21 bits per heavy atom. The van der Waals surface area contributed by atoms with Gasteiger partial charge in [-0.25, -0.2) is 4.98 Å². The van der Waals surface area contributed by atoms with Crippen molar-refractivity contribution in [2.75, 3.05) is 0 Å². The minimum Gasteiger partial charge on any atom is -0.456 e. The Bertz CT molecular complexity index is 619. The summed E-state index contributed by atoms with van der Waals surface area (Å²) in [5, 5.41) is 1.11. The van der Waals surface area contributed by atoms with Crippen LogP contribution in [0.4, 0.5) is 0 Å². The molecule has 1 atom stereocenters. The number of hydrogen-bond donors (Lipinski definition) is 0. The topological polar surface area (TPSA) is 39.2 Å². The lowest BCUT2D eigenvalue weighted by Gasteiger charge is -2.12. The number of rotatable bonds is 4. The van der Waals surface area contributed by atoms with Gasteiger partial charge in [-0.05, 0) is 31.0 Å². The van der Waals surface area contributed by atoms with Gasteiger partial charge in [-0.1, -0.05) is 24.3 Å². The molecule has 0 saturated carbocycles. The first-order valence-corrected chi connectivity index (χ1v) is 6.28. The van der Waals surface area contributed by atoms with E-state index in [1.54, 1.807) is 0 Å². The molecule has 0 aliphatic carbocycles. The zero-order valence-electron chi connectivity index (χ0n) is 11.2. The summed E-state index contributed by atoms with van der Waals surface area (Å²) in [6.07, 6.45) is 2.37. The molecule has 0 N–H and O–H groups in total. The Balaban J connectivity index is 2.41. The third-order valence-corrected chi connectivity index (χ3v) is 2.97. The molecule has 0 bridgehead atoms. The number of fused-ring (bicyclic) bond motifs is 1. The van der Waals surface area contributed by atoms with Gasteiger partial charge < -0.3 is 4.74 Å². The van der Waals surface area contributed by atoms with E-state index in [2.05, 4.69) is 17.6 Å². The van der Waals surface area contributed by atoms with Crippen molar-refractivity contribution < 1.29 is 9.53 Å². The largest absolute Gasteiger partial charge is 0.456 e. The summed E-state index contributed by atoms with van der Waals surface area (Å²) >= 11 is 0. The van der Waals surface area contributed by atoms with Crippen LogP contribution in [-0.4, -0.2) is 11.0 Å². The molecule has 1 aromatic heterocycles. The van der Waals surface area contributed by atoms with Crippen molar-refractivity contribution in [2.45, 2.75) is 26.4 Å². The van der Waals surface area contributed by atoms with E-state index < -0.39 is 0 Å². The fraction of sp³-hybridized carbons (Fsp3) is 0.250. The molecular weight excluding hydrogens is 238 g/mol. The molecule has 0 amide bonds. The Kier molecular flexibility index (Phi) is 3.95. The average Bonchev–Trinajstić information content (AvgIpc) is 2.38. The molecule has 0 fully saturated rings. The van der Waals surface area contributed by atoms with Crippen LogP contribution < -0.4 is 0 Å². The number of nitrogens with zero attached hydrogens (tertiary/aromatic N) is 1. The highest BCUT2D eigenvalue weighted by molar-refractivity contribution is 5.82. The van der Waals surface area contributed by atoms with Crippen molar-refractivity contribution in [2.24, 2.45) is 0 Å². The van der Waals surface area contributed by atoms with E-state index >= 15 is 0 Å². The molecule has 3 nitrogen and oxygen atoms in total. The van der Waals surface area contributed by atoms with E-state index in [0.29, 0.717) is 0 Å². The van der Waals surface area contributed by atoms with Crippen molar-refractivity contribution in [1.29, 1.82) is 0 Å². The predicted octanol–water partition coefficient (Wildman–Crippen LogP) is 3.59. The number of carbonyl (C=O) groups is 1. The van der Waals surface area contributed by atoms with Crippen molar-refractivity contribution in [3.63, 3.8) is 0 Å². The summed E-state index contributed by atoms with van der Waals surface area (Å²) in [6, 6.07) is 9.94. The highest BCUT2D eigenvalue weighted by Crippen LogP contribution is 2.22. The number of aromatic nitrogens is 1. The lowest BCUT2D eigenvalue weighted by atomic mass is 10.0. The van der Waals surface area contributed by atoms with Crippen molar-refractivity contribution >= 4 is 16.9 Å². The summed E-state index contributed by atoms with van der Waals surface area (Å²) in [6.45, 7) is 6.99. The number of carbonyl (C=O) groups excluding carboxylic acids is 1. The van der Waals surface area contributed by atoms with Crippen LogP contribution in [-0.2, 0) is 16.0 Å². The van der Waals surface area contributed by atoms with Crippen molar-refractivity contribution in [3.8, 4) is 0 Å². The standard InChI is InChI=1S/C16H17NO2/c1-4-6-13-7-5-8-16-14(13)9-10-15(17-16)11(2)19-12(3)18/h4-5,7-11H,1,6H2,2-3H3. The second-order valence-electron chi connectivity index (χ2n) is 4.46. The summed E-state index contributed by atoms with van der Waals surface area (Å²) in [5.41, 5.74) is 2.88. The molecule has 2 aromatic rings. The molecule has 1 unspecified atom stereocenters. The molecule has 0 aliphatic heterocycles. The molecule has 0 saturated heterocycles. The number of hydrogen-bond acceptors (Lipinski definition) is 3. The smallest absolute Gasteiger partial charge is 0.303 e. The van der Waals surface area contributed by atoms with Crippen molar-refractivity contribution in [1.82, 2.24) is 4.98 Å². The minimum absolute atomic E-state index is 0.296. The van der Waals surface area contributed by atoms with Crippen molar-refractivity contribution in [3.05, 3.63) is 54.2 Å². The number of ether oxygens (including phenoxy) is 1. The molecule has 0 spiro atoms. The highest BCUT2D eigenvalue weighted by atomic mass is 16.5. The second kappa shape index (κ2) is 5.65. The number of esters is 1. The maximum Gasteiger partial charge on any atom is 0.303 e. The molecule has 98 valence electrons. The van der Waals surface area contributed by atoms with E-state index in [9.17, 15) is 4.79 Å². The van der Waals surface area contributed by atoms with Gasteiger partial charge in [-0.15, -0.1) is 6.58 Å². The minimum atomic E-state index is -0.329. The van der Waals surface area contributed by atoms with Gasteiger partial charge in [0.25, 0.3) is 0 Å². The summed E-state index contributed by atoms with van der Waals surface area (Å²) in [7, 11) is 0. The van der Waals surface area contributed by atoms with Gasteiger partial charge in [0, 0.05) is 12.3 Å². The quantitative estimate of drug-likeness (QED) is 0.619. The summed E-state index contributed by atoms with van der Waals surface area (Å²) in [4.78, 5) is 15.5. The summed E-state index contributed by atoms with van der Waals surface area (Å²) in [5.74, 6) is -0.296. The van der Waals surface area contributed by atoms with Crippen LogP contribution in [0.25, 0.3) is 10.9 Å². The first-order valence-electron chi connectivity index (χ1n) is 6.28. The van der Waals surface area contributed by atoms with Crippen LogP contribution in [0.2, 0.25) is 0 Å². The average molecular weight is 255 g/mol. The van der Waals surface area contributed by atoms with Gasteiger partial charge in [0.15, 0.2) is 0 Å². The Morgan fingerprint density at radius 1 is 1.42 bits per heavy atom. The van der Waals surface area contributed by atoms with Gasteiger partial charge in [0.05, 0.1) is 11.2 Å². The lowest BCUT2D eigenvalue weighted by molar-refractivity contribution is -0.145. The maximum atomic E-state index is 11.0. The molecule has 0 radical (unpaired) electrons. The monoisotopic (exact) mass is 255 g/mol. The van der Waals surface area contributed by atoms with E-state index in [1.807, 2.05) is 37.3 Å². The third kappa shape index (κ3) is 2.99. The molecule has 3 heteroatoms. The van der Waals surface area contributed by atoms with Gasteiger partial charge in [0.1, 0.15) is 6.10 Å². The predicted molar refractivity (Wildman–Crippen MR) is 75.8 cm³/mol. The fourth-order valence-electron chi connectivity index (χ4n) is 2.10. The van der Waals surface area contributed by atoms with Gasteiger partial charge in [0.2, 0.25) is 0 Å². The first-order chi connectivity index (χ1) is 9.11. The molecular formula is C16H17NO2. The van der Waals surface area contributed by atoms with Gasteiger partial charge in [-0.2, -0.15) is 0 Å². The second-order valence-corrected chi connectivity index (χ2v) is 4.46. The summed E-state index contributed by atoms with van der Waals surface area (Å²) < 4.78 is 5.15. The van der Waals surface area contributed by atoms with Crippen LogP contribution >= 0.6 is 0 Å². The van der Waals surface area contributed by atoms with E-state index in [-0.39, 0.29) is 12.1 Å². The lowest BCUT2D eigenvalue weighted by Crippen LogP contribution is -2.06. The van der Waals surface area contributed by atoms with E-state index in [4.69, 9.17) is 4.74 Å². The van der Waals surface area contributed by atoms with E-state index in [1.165, 1.54) is 12.5 Å². The Hall–Kier alpha value is -2.16. The van der Waals surface area contributed by atoms with Crippen LogP contribution in [0.15, 0.2) is 43.0 Å². The van der Waals surface area contributed by atoms with Crippen LogP contribution in [0, 0.1) is 0 Å². The number of pyridine rings is 1. The molecule has 19 heavy (non-hydrogen) atoms. The maximum absolute atomic E-state index is 11.0. The third-order valence-electron chi connectivity index (χ3n) is 2.97. The first kappa shape index (κ1) is 13.3. The normalized spacial score (nSPS) is 12.1. The zero-order chi connectivity index (χ0) is 13.8. The fourth-order valence-corrected chi connectivity index (χ4v) is 2.10. The molecule has 1 aromatic carbocycles.